The first-order chi connectivity index (χ1) is 18.3. The molecule has 3 aliphatic heterocycles. The lowest BCUT2D eigenvalue weighted by molar-refractivity contribution is 0.350. The van der Waals surface area contributed by atoms with Gasteiger partial charge in [-0.25, -0.2) is 20.0 Å². The summed E-state index contributed by atoms with van der Waals surface area (Å²) in [4.78, 5) is 29.6. The molecule has 0 aliphatic carbocycles. The molecule has 7 rings (SSSR count). The Labute approximate surface area is 222 Å². The van der Waals surface area contributed by atoms with Crippen LogP contribution in [0, 0.1) is 5.41 Å². The number of aromatic nitrogens is 4. The van der Waals surface area contributed by atoms with Gasteiger partial charge >= 0.3 is 0 Å². The summed E-state index contributed by atoms with van der Waals surface area (Å²) in [7, 11) is 0. The Morgan fingerprint density at radius 3 is 2.29 bits per heavy atom. The second-order valence-corrected chi connectivity index (χ2v) is 11.5. The minimum Gasteiger partial charge on any atom is -0.353 e. The van der Waals surface area contributed by atoms with Gasteiger partial charge in [0.05, 0.1) is 17.9 Å². The predicted molar refractivity (Wildman–Crippen MR) is 150 cm³/mol. The van der Waals surface area contributed by atoms with E-state index in [-0.39, 0.29) is 29.1 Å². The molecule has 192 valence electrons. The number of amidine groups is 1. The molecule has 38 heavy (non-hydrogen) atoms. The molecular formula is C30H32N8. The minimum atomic E-state index is -0.384. The Morgan fingerprint density at radius 2 is 1.53 bits per heavy atom. The maximum absolute atomic E-state index is 5.22. The van der Waals surface area contributed by atoms with Crippen molar-refractivity contribution in [2.45, 2.75) is 51.4 Å². The Kier molecular flexibility index (Phi) is 5.00. The molecule has 2 aromatic heterocycles. The lowest BCUT2D eigenvalue weighted by Crippen LogP contribution is -2.52. The number of aromatic amines is 2. The van der Waals surface area contributed by atoms with Crippen LogP contribution in [0.5, 0.6) is 0 Å². The zero-order valence-corrected chi connectivity index (χ0v) is 22.1. The highest BCUT2D eigenvalue weighted by atomic mass is 15.4. The molecule has 8 bridgehead atoms. The van der Waals surface area contributed by atoms with Crippen LogP contribution in [-0.4, -0.2) is 44.2 Å². The molecule has 8 heteroatoms. The van der Waals surface area contributed by atoms with Gasteiger partial charge in [0, 0.05) is 46.8 Å². The van der Waals surface area contributed by atoms with Gasteiger partial charge in [-0.05, 0) is 31.5 Å². The molecule has 3 aliphatic rings. The minimum absolute atomic E-state index is 0.0295. The molecule has 3 N–H and O–H groups in total. The largest absolute Gasteiger partial charge is 0.353 e. The molecule has 5 heterocycles. The Morgan fingerprint density at radius 1 is 0.842 bits per heavy atom. The predicted octanol–water partition coefficient (Wildman–Crippen LogP) is 4.92. The van der Waals surface area contributed by atoms with E-state index in [9.17, 15) is 0 Å². The summed E-state index contributed by atoms with van der Waals surface area (Å²) in [5.74, 6) is 2.27. The fraction of sp³-hybridized carbons (Fsp3) is 0.333. The maximum Gasteiger partial charge on any atom is 0.192 e. The number of anilines is 1. The second kappa shape index (κ2) is 8.23. The third-order valence-corrected chi connectivity index (χ3v) is 8.39. The van der Waals surface area contributed by atoms with Crippen LogP contribution in [0.25, 0.3) is 0 Å². The number of benzene rings is 2. The number of para-hydroxylation sites is 1. The van der Waals surface area contributed by atoms with E-state index < -0.39 is 0 Å². The van der Waals surface area contributed by atoms with Crippen molar-refractivity contribution in [2.24, 2.45) is 15.4 Å². The fourth-order valence-electron chi connectivity index (χ4n) is 6.01. The highest BCUT2D eigenvalue weighted by molar-refractivity contribution is 6.13. The topological polar surface area (TPSA) is 97.3 Å². The third kappa shape index (κ3) is 3.47. The van der Waals surface area contributed by atoms with Gasteiger partial charge in [0.2, 0.25) is 0 Å². The van der Waals surface area contributed by atoms with Crippen LogP contribution in [0.3, 0.4) is 0 Å². The van der Waals surface area contributed by atoms with Crippen LogP contribution in [0.1, 0.15) is 68.4 Å². The van der Waals surface area contributed by atoms with Gasteiger partial charge in [0.1, 0.15) is 11.9 Å². The summed E-state index contributed by atoms with van der Waals surface area (Å²) in [6.45, 7) is 9.68. The zero-order valence-electron chi connectivity index (χ0n) is 22.1. The number of hydrogen-bond acceptors (Lipinski definition) is 6. The van der Waals surface area contributed by atoms with Crippen molar-refractivity contribution >= 4 is 17.2 Å². The molecular weight excluding hydrogens is 472 g/mol. The van der Waals surface area contributed by atoms with Crippen molar-refractivity contribution < 1.29 is 0 Å². The summed E-state index contributed by atoms with van der Waals surface area (Å²) in [5.41, 5.74) is 4.61. The van der Waals surface area contributed by atoms with Crippen molar-refractivity contribution in [1.29, 1.82) is 0 Å². The smallest absolute Gasteiger partial charge is 0.192 e. The quantitative estimate of drug-likeness (QED) is 0.361. The number of rotatable bonds is 2. The number of nitrogens with one attached hydrogen (secondary N) is 3. The standard InChI is InChI=1S/C30H32N8/c1-29(2)21-15-31-25(34-21)20-17-38(19-13-9-6-10-14-19)28(33-20)30(3,4)24-23(18-11-7-5-8-12-18)36-27(37-24)26-32-16-22(29)35-26/h5-16,20,23,28,33H,17H2,1-4H3,(H,31,34)(H,32,35). The van der Waals surface area contributed by atoms with E-state index in [0.717, 1.165) is 35.0 Å². The molecule has 4 aromatic rings. The lowest BCUT2D eigenvalue weighted by Gasteiger charge is -2.40. The fourth-order valence-corrected chi connectivity index (χ4v) is 6.01. The summed E-state index contributed by atoms with van der Waals surface area (Å²) in [6, 6.07) is 20.9. The third-order valence-electron chi connectivity index (χ3n) is 8.39. The van der Waals surface area contributed by atoms with Gasteiger partial charge in [0.25, 0.3) is 0 Å². The number of nitrogens with zero attached hydrogens (tertiary/aromatic N) is 5. The highest BCUT2D eigenvalue weighted by Gasteiger charge is 2.49. The van der Waals surface area contributed by atoms with Gasteiger partial charge in [-0.3, -0.25) is 5.32 Å². The molecule has 0 spiro atoms. The molecule has 0 radical (unpaired) electrons. The molecule has 3 atom stereocenters. The average Bonchev–Trinajstić information content (AvgIpc) is 3.73. The van der Waals surface area contributed by atoms with Crippen molar-refractivity contribution in [1.82, 2.24) is 25.3 Å². The van der Waals surface area contributed by atoms with Gasteiger partial charge in [-0.15, -0.1) is 0 Å². The van der Waals surface area contributed by atoms with Crippen LogP contribution in [-0.2, 0) is 5.41 Å². The van der Waals surface area contributed by atoms with E-state index in [1.54, 1.807) is 0 Å². The van der Waals surface area contributed by atoms with Crippen LogP contribution >= 0.6 is 0 Å². The summed E-state index contributed by atoms with van der Waals surface area (Å²) < 4.78 is 0. The summed E-state index contributed by atoms with van der Waals surface area (Å²) in [6.07, 6.45) is 3.82. The molecule has 2 aromatic carbocycles. The van der Waals surface area contributed by atoms with Crippen molar-refractivity contribution in [3.05, 3.63) is 102 Å². The van der Waals surface area contributed by atoms with Crippen molar-refractivity contribution in [3.63, 3.8) is 0 Å². The SMILES string of the molecule is CC1(C)c2cnc([nH]2)C2=NC(c3ccccc3)C(=N2)C(C)(C)C2NC(CN2c2ccccc2)c2ncc1[nH]2. The first kappa shape index (κ1) is 23.1. The van der Waals surface area contributed by atoms with Crippen LogP contribution in [0.4, 0.5) is 5.69 Å². The monoisotopic (exact) mass is 504 g/mol. The van der Waals surface area contributed by atoms with Crippen molar-refractivity contribution in [3.8, 4) is 0 Å². The van der Waals surface area contributed by atoms with Crippen molar-refractivity contribution in [2.75, 3.05) is 11.4 Å². The zero-order chi connectivity index (χ0) is 26.1. The summed E-state index contributed by atoms with van der Waals surface area (Å²) >= 11 is 0. The van der Waals surface area contributed by atoms with E-state index in [2.05, 4.69) is 102 Å². The van der Waals surface area contributed by atoms with Crippen LogP contribution in [0.2, 0.25) is 0 Å². The van der Waals surface area contributed by atoms with Crippen LogP contribution < -0.4 is 10.2 Å². The van der Waals surface area contributed by atoms with Gasteiger partial charge in [-0.2, -0.15) is 0 Å². The Bertz CT molecular complexity index is 1540. The Hall–Kier alpha value is -4.04. The number of H-pyrrole nitrogens is 2. The number of aliphatic imine (C=N–C) groups is 2. The molecule has 1 fully saturated rings. The molecule has 0 amide bonds. The first-order valence-electron chi connectivity index (χ1n) is 13.2. The first-order valence-corrected chi connectivity index (χ1v) is 13.2. The van der Waals surface area contributed by atoms with Gasteiger partial charge < -0.3 is 14.9 Å². The van der Waals surface area contributed by atoms with E-state index in [1.807, 2.05) is 18.5 Å². The lowest BCUT2D eigenvalue weighted by atomic mass is 9.78. The summed E-state index contributed by atoms with van der Waals surface area (Å²) in [5, 5.41) is 3.94. The second-order valence-electron chi connectivity index (χ2n) is 11.5. The number of fused-ring (bicyclic) bond motifs is 9. The van der Waals surface area contributed by atoms with Gasteiger partial charge in [0.15, 0.2) is 11.7 Å². The normalized spacial score (nSPS) is 25.1. The highest BCUT2D eigenvalue weighted by Crippen LogP contribution is 2.43. The van der Waals surface area contributed by atoms with Crippen LogP contribution in [0.15, 0.2) is 83.0 Å². The number of imidazole rings is 2. The van der Waals surface area contributed by atoms with E-state index in [0.29, 0.717) is 11.7 Å². The number of hydrogen-bond donors (Lipinski definition) is 3. The molecule has 0 saturated carbocycles. The van der Waals surface area contributed by atoms with Gasteiger partial charge in [-0.1, -0.05) is 62.4 Å². The molecule has 1 saturated heterocycles. The average molecular weight is 505 g/mol. The Balaban J connectivity index is 1.44. The molecule has 3 unspecified atom stereocenters. The van der Waals surface area contributed by atoms with E-state index >= 15 is 0 Å². The maximum atomic E-state index is 5.22. The van der Waals surface area contributed by atoms with E-state index in [4.69, 9.17) is 20.0 Å². The van der Waals surface area contributed by atoms with E-state index in [1.165, 1.54) is 5.69 Å². The molecule has 8 nitrogen and oxygen atoms in total.